The molecule has 1 aromatic rings. The Kier molecular flexibility index (Phi) is 7.93. The lowest BCUT2D eigenvalue weighted by molar-refractivity contribution is -0.384. The maximum absolute atomic E-state index is 13.1. The molecule has 0 unspecified atom stereocenters. The van der Waals surface area contributed by atoms with Gasteiger partial charge in [-0.3, -0.25) is 15.0 Å². The third kappa shape index (κ3) is 5.28. The molecule has 0 N–H and O–H groups in total. The molecule has 28 heavy (non-hydrogen) atoms. The van der Waals surface area contributed by atoms with Gasteiger partial charge in [0.05, 0.1) is 24.7 Å². The van der Waals surface area contributed by atoms with Crippen LogP contribution in [0, 0.1) is 10.1 Å². The van der Waals surface area contributed by atoms with Crippen LogP contribution in [0.25, 0.3) is 0 Å². The largest absolute Gasteiger partial charge is 0.450 e. The molecule has 154 valence electrons. The molecule has 0 aliphatic carbocycles. The Balaban J connectivity index is 2.15. The van der Waals surface area contributed by atoms with E-state index in [0.29, 0.717) is 32.8 Å². The van der Waals surface area contributed by atoms with E-state index in [9.17, 15) is 19.7 Å². The summed E-state index contributed by atoms with van der Waals surface area (Å²) in [6.07, 6.45) is 0.991. The van der Waals surface area contributed by atoms with Gasteiger partial charge in [-0.2, -0.15) is 0 Å². The monoisotopic (exact) mass is 395 g/mol. The van der Waals surface area contributed by atoms with Crippen LogP contribution in [-0.2, 0) is 9.47 Å². The number of amides is 3. The Bertz CT molecular complexity index is 692. The molecule has 1 aliphatic heterocycles. The third-order valence-electron chi connectivity index (χ3n) is 4.19. The number of nitro groups is 1. The van der Waals surface area contributed by atoms with Crippen molar-refractivity contribution in [3.05, 3.63) is 28.4 Å². The Morgan fingerprint density at radius 3 is 2.50 bits per heavy atom. The summed E-state index contributed by atoms with van der Waals surface area (Å²) in [7, 11) is 0. The number of hydrogen-bond donors (Lipinski definition) is 0. The minimum absolute atomic E-state index is 0.0231. The lowest BCUT2D eigenvalue weighted by atomic mass is 10.3. The Morgan fingerprint density at radius 1 is 1.21 bits per heavy atom. The molecule has 0 bridgehead atoms. The highest BCUT2D eigenvalue weighted by molar-refractivity contribution is 5.93. The number of carbonyl (C=O) groups excluding carboxylic acids is 2. The lowest BCUT2D eigenvalue weighted by Gasteiger charge is -2.36. The normalized spacial score (nSPS) is 13.9. The fourth-order valence-corrected chi connectivity index (χ4v) is 2.80. The summed E-state index contributed by atoms with van der Waals surface area (Å²) in [5, 5.41) is 11.4. The molecule has 1 aromatic heterocycles. The van der Waals surface area contributed by atoms with Crippen LogP contribution in [0.15, 0.2) is 18.3 Å². The molecule has 0 radical (unpaired) electrons. The maximum atomic E-state index is 13.1. The van der Waals surface area contributed by atoms with E-state index in [1.54, 1.807) is 11.8 Å². The van der Waals surface area contributed by atoms with E-state index in [1.807, 2.05) is 6.92 Å². The van der Waals surface area contributed by atoms with Gasteiger partial charge in [-0.1, -0.05) is 0 Å². The standard InChI is InChI=1S/C17H25N5O6/c1-3-27-13-12-21(15-14(22(25)26)6-5-7-18-15)16(23)19-8-10-20(11-9-19)17(24)28-4-2/h5-7H,3-4,8-13H2,1-2H3. The predicted molar refractivity (Wildman–Crippen MR) is 100 cm³/mol. The number of aromatic nitrogens is 1. The molecule has 2 rings (SSSR count). The molecular weight excluding hydrogens is 370 g/mol. The van der Waals surface area contributed by atoms with E-state index < -0.39 is 17.0 Å². The molecule has 11 nitrogen and oxygen atoms in total. The van der Waals surface area contributed by atoms with Gasteiger partial charge < -0.3 is 19.3 Å². The van der Waals surface area contributed by atoms with Gasteiger partial charge in [-0.15, -0.1) is 0 Å². The van der Waals surface area contributed by atoms with E-state index in [2.05, 4.69) is 4.98 Å². The van der Waals surface area contributed by atoms with Crippen molar-refractivity contribution >= 4 is 23.6 Å². The third-order valence-corrected chi connectivity index (χ3v) is 4.19. The van der Waals surface area contributed by atoms with Crippen LogP contribution in [0.1, 0.15) is 13.8 Å². The van der Waals surface area contributed by atoms with Gasteiger partial charge in [-0.05, 0) is 19.9 Å². The van der Waals surface area contributed by atoms with E-state index in [1.165, 1.54) is 28.1 Å². The molecule has 0 atom stereocenters. The second kappa shape index (κ2) is 10.4. The molecule has 0 aromatic carbocycles. The van der Waals surface area contributed by atoms with Crippen molar-refractivity contribution in [2.75, 3.05) is 57.4 Å². The van der Waals surface area contributed by atoms with Gasteiger partial charge in [0.25, 0.3) is 0 Å². The van der Waals surface area contributed by atoms with Crippen LogP contribution in [-0.4, -0.2) is 84.4 Å². The van der Waals surface area contributed by atoms with Crippen molar-refractivity contribution in [1.29, 1.82) is 0 Å². The first-order valence-electron chi connectivity index (χ1n) is 9.14. The van der Waals surface area contributed by atoms with Gasteiger partial charge in [0.15, 0.2) is 0 Å². The highest BCUT2D eigenvalue weighted by atomic mass is 16.6. The highest BCUT2D eigenvalue weighted by Gasteiger charge is 2.32. The van der Waals surface area contributed by atoms with Gasteiger partial charge in [-0.25, -0.2) is 14.6 Å². The molecule has 2 heterocycles. The van der Waals surface area contributed by atoms with Gasteiger partial charge in [0.2, 0.25) is 5.82 Å². The summed E-state index contributed by atoms with van der Waals surface area (Å²) in [4.78, 5) is 44.1. The van der Waals surface area contributed by atoms with Crippen molar-refractivity contribution in [2.24, 2.45) is 0 Å². The number of hydrogen-bond acceptors (Lipinski definition) is 7. The molecule has 11 heteroatoms. The van der Waals surface area contributed by atoms with Crippen molar-refractivity contribution < 1.29 is 24.0 Å². The SMILES string of the molecule is CCOCCN(C(=O)N1CCN(C(=O)OCC)CC1)c1ncccc1[N+](=O)[O-]. The lowest BCUT2D eigenvalue weighted by Crippen LogP contribution is -2.55. The molecule has 3 amide bonds. The summed E-state index contributed by atoms with van der Waals surface area (Å²) in [6.45, 7) is 5.89. The van der Waals surface area contributed by atoms with Gasteiger partial charge in [0.1, 0.15) is 0 Å². The molecule has 1 aliphatic rings. The number of piperazine rings is 1. The summed E-state index contributed by atoms with van der Waals surface area (Å²) in [5.41, 5.74) is -0.252. The minimum Gasteiger partial charge on any atom is -0.450 e. The zero-order chi connectivity index (χ0) is 20.5. The summed E-state index contributed by atoms with van der Waals surface area (Å²) in [5.74, 6) is -0.0231. The number of pyridine rings is 1. The van der Waals surface area contributed by atoms with E-state index in [4.69, 9.17) is 9.47 Å². The second-order valence-electron chi connectivity index (χ2n) is 5.91. The number of anilines is 1. The van der Waals surface area contributed by atoms with E-state index in [0.717, 1.165) is 0 Å². The number of ether oxygens (including phenoxy) is 2. The van der Waals surface area contributed by atoms with Crippen LogP contribution in [0.2, 0.25) is 0 Å². The van der Waals surface area contributed by atoms with Crippen LogP contribution in [0.4, 0.5) is 21.1 Å². The van der Waals surface area contributed by atoms with Gasteiger partial charge in [0, 0.05) is 45.0 Å². The number of rotatable bonds is 7. The number of carbonyl (C=O) groups is 2. The van der Waals surface area contributed by atoms with Crippen LogP contribution in [0.5, 0.6) is 0 Å². The van der Waals surface area contributed by atoms with Gasteiger partial charge >= 0.3 is 17.8 Å². The molecule has 1 saturated heterocycles. The average Bonchev–Trinajstić information content (AvgIpc) is 2.71. The molecule has 0 spiro atoms. The quantitative estimate of drug-likeness (QED) is 0.392. The smallest absolute Gasteiger partial charge is 0.409 e. The second-order valence-corrected chi connectivity index (χ2v) is 5.91. The predicted octanol–water partition coefficient (Wildman–Crippen LogP) is 1.73. The van der Waals surface area contributed by atoms with Crippen molar-refractivity contribution in [2.45, 2.75) is 13.8 Å². The Labute approximate surface area is 163 Å². The molecular formula is C17H25N5O6. The van der Waals surface area contributed by atoms with Crippen LogP contribution in [0.3, 0.4) is 0 Å². The first-order chi connectivity index (χ1) is 13.5. The number of urea groups is 1. The number of nitrogens with zero attached hydrogens (tertiary/aromatic N) is 5. The van der Waals surface area contributed by atoms with Crippen LogP contribution < -0.4 is 4.90 Å². The summed E-state index contributed by atoms with van der Waals surface area (Å²) in [6, 6.07) is 2.34. The van der Waals surface area contributed by atoms with Crippen molar-refractivity contribution in [1.82, 2.24) is 14.8 Å². The summed E-state index contributed by atoms with van der Waals surface area (Å²) < 4.78 is 10.3. The molecule has 0 saturated carbocycles. The first-order valence-corrected chi connectivity index (χ1v) is 9.14. The highest BCUT2D eigenvalue weighted by Crippen LogP contribution is 2.26. The van der Waals surface area contributed by atoms with Crippen molar-refractivity contribution in [3.8, 4) is 0 Å². The molecule has 1 fully saturated rings. The fraction of sp³-hybridized carbons (Fsp3) is 0.588. The topological polar surface area (TPSA) is 118 Å². The van der Waals surface area contributed by atoms with Crippen LogP contribution >= 0.6 is 0 Å². The summed E-state index contributed by atoms with van der Waals surface area (Å²) >= 11 is 0. The first kappa shape index (κ1) is 21.4. The van der Waals surface area contributed by atoms with E-state index >= 15 is 0 Å². The minimum atomic E-state index is -0.567. The average molecular weight is 395 g/mol. The zero-order valence-electron chi connectivity index (χ0n) is 16.1. The van der Waals surface area contributed by atoms with Crippen molar-refractivity contribution in [3.63, 3.8) is 0 Å². The van der Waals surface area contributed by atoms with E-state index in [-0.39, 0.29) is 31.3 Å². The Morgan fingerprint density at radius 2 is 1.89 bits per heavy atom. The Hall–Kier alpha value is -2.95. The fourth-order valence-electron chi connectivity index (χ4n) is 2.80. The zero-order valence-corrected chi connectivity index (χ0v) is 16.1. The maximum Gasteiger partial charge on any atom is 0.409 e.